The lowest BCUT2D eigenvalue weighted by Crippen LogP contribution is -2.26. The van der Waals surface area contributed by atoms with Crippen LogP contribution in [0.4, 0.5) is 8.78 Å². The Morgan fingerprint density at radius 1 is 1.42 bits per heavy atom. The van der Waals surface area contributed by atoms with Crippen LogP contribution >= 0.6 is 0 Å². The predicted molar refractivity (Wildman–Crippen MR) is 71.1 cm³/mol. The van der Waals surface area contributed by atoms with Gasteiger partial charge in [0.05, 0.1) is 6.04 Å². The molecule has 0 fully saturated rings. The number of hydrogen-bond acceptors (Lipinski definition) is 2. The minimum atomic E-state index is -0.919. The lowest BCUT2D eigenvalue weighted by molar-refractivity contribution is -0.120. The van der Waals surface area contributed by atoms with Crippen LogP contribution < -0.4 is 5.32 Å². The molecular formula is C14H16F2N2O. The highest BCUT2D eigenvalue weighted by Crippen LogP contribution is 2.15. The highest BCUT2D eigenvalue weighted by Gasteiger charge is 2.11. The predicted octanol–water partition coefficient (Wildman–Crippen LogP) is 2.79. The smallest absolute Gasteiger partial charge is 0.224 e. The molecule has 0 radical (unpaired) electrons. The van der Waals surface area contributed by atoms with Gasteiger partial charge in [-0.1, -0.05) is 12.1 Å². The number of hydrogen-bond donors (Lipinski definition) is 1. The zero-order valence-corrected chi connectivity index (χ0v) is 10.9. The average Bonchev–Trinajstić information content (AvgIpc) is 2.38. The maximum absolute atomic E-state index is 13.1. The fourth-order valence-electron chi connectivity index (χ4n) is 1.49. The van der Waals surface area contributed by atoms with E-state index in [1.807, 2.05) is 0 Å². The highest BCUT2D eigenvalue weighted by molar-refractivity contribution is 5.79. The first-order chi connectivity index (χ1) is 9.04. The van der Waals surface area contributed by atoms with Gasteiger partial charge in [0.25, 0.3) is 0 Å². The average molecular weight is 266 g/mol. The molecule has 0 aliphatic carbocycles. The van der Waals surface area contributed by atoms with E-state index >= 15 is 0 Å². The van der Waals surface area contributed by atoms with E-state index in [1.54, 1.807) is 32.3 Å². The minimum absolute atomic E-state index is 0.196. The van der Waals surface area contributed by atoms with Crippen LogP contribution in [0.5, 0.6) is 0 Å². The topological polar surface area (TPSA) is 41.5 Å². The van der Waals surface area contributed by atoms with Crippen molar-refractivity contribution in [3.63, 3.8) is 0 Å². The van der Waals surface area contributed by atoms with Crippen molar-refractivity contribution in [3.8, 4) is 0 Å². The number of allylic oxidation sites excluding steroid dienone is 1. The number of carbonyl (C=O) groups excluding carboxylic acids is 1. The molecule has 0 aliphatic heterocycles. The maximum Gasteiger partial charge on any atom is 0.224 e. The molecule has 0 aromatic heterocycles. The quantitative estimate of drug-likeness (QED) is 0.818. The normalized spacial score (nSPS) is 13.1. The Kier molecular flexibility index (Phi) is 5.85. The Hall–Kier alpha value is -2.04. The maximum atomic E-state index is 13.1. The van der Waals surface area contributed by atoms with Gasteiger partial charge in [0.15, 0.2) is 11.6 Å². The Labute approximate surface area is 111 Å². The third-order valence-corrected chi connectivity index (χ3v) is 2.50. The molecule has 1 N–H and O–H groups in total. The number of amides is 1. The number of nitrogens with zero attached hydrogens (tertiary/aromatic N) is 1. The summed E-state index contributed by atoms with van der Waals surface area (Å²) in [4.78, 5) is 15.3. The second-order valence-electron chi connectivity index (χ2n) is 4.00. The van der Waals surface area contributed by atoms with Crippen molar-refractivity contribution in [2.24, 2.45) is 4.99 Å². The molecule has 0 aliphatic rings. The van der Waals surface area contributed by atoms with Crippen LogP contribution in [0.1, 0.15) is 24.9 Å². The van der Waals surface area contributed by atoms with Crippen LogP contribution in [0.3, 0.4) is 0 Å². The number of rotatable bonds is 5. The second kappa shape index (κ2) is 7.41. The fourth-order valence-corrected chi connectivity index (χ4v) is 1.49. The van der Waals surface area contributed by atoms with Gasteiger partial charge in [-0.25, -0.2) is 8.78 Å². The largest absolute Gasteiger partial charge is 0.349 e. The highest BCUT2D eigenvalue weighted by atomic mass is 19.2. The van der Waals surface area contributed by atoms with Crippen LogP contribution in [-0.4, -0.2) is 19.2 Å². The number of aliphatic imine (C=N–C) groups is 1. The molecule has 102 valence electrons. The Bertz CT molecular complexity index is 498. The van der Waals surface area contributed by atoms with E-state index in [2.05, 4.69) is 10.3 Å². The van der Waals surface area contributed by atoms with Crippen molar-refractivity contribution in [1.29, 1.82) is 0 Å². The van der Waals surface area contributed by atoms with E-state index < -0.39 is 11.6 Å². The first kappa shape index (κ1) is 15.0. The van der Waals surface area contributed by atoms with Gasteiger partial charge < -0.3 is 5.32 Å². The first-order valence-electron chi connectivity index (χ1n) is 5.86. The summed E-state index contributed by atoms with van der Waals surface area (Å²) >= 11 is 0. The molecule has 19 heavy (non-hydrogen) atoms. The SMILES string of the molecule is CN=C/C=C\CC(=O)NC(C)c1ccc(F)c(F)c1. The molecule has 1 unspecified atom stereocenters. The Balaban J connectivity index is 2.56. The monoisotopic (exact) mass is 266 g/mol. The molecule has 0 spiro atoms. The molecule has 1 amide bonds. The summed E-state index contributed by atoms with van der Waals surface area (Å²) in [5, 5.41) is 2.70. The summed E-state index contributed by atoms with van der Waals surface area (Å²) in [6, 6.07) is 3.20. The molecule has 0 saturated carbocycles. The van der Waals surface area contributed by atoms with Crippen LogP contribution in [0.15, 0.2) is 35.3 Å². The van der Waals surface area contributed by atoms with Crippen molar-refractivity contribution in [1.82, 2.24) is 5.32 Å². The van der Waals surface area contributed by atoms with Gasteiger partial charge in [-0.3, -0.25) is 9.79 Å². The molecule has 1 aromatic carbocycles. The van der Waals surface area contributed by atoms with Gasteiger partial charge >= 0.3 is 0 Å². The van der Waals surface area contributed by atoms with Gasteiger partial charge in [-0.2, -0.15) is 0 Å². The van der Waals surface area contributed by atoms with E-state index in [-0.39, 0.29) is 18.4 Å². The van der Waals surface area contributed by atoms with Gasteiger partial charge in [-0.15, -0.1) is 0 Å². The summed E-state index contributed by atoms with van der Waals surface area (Å²) in [7, 11) is 1.63. The van der Waals surface area contributed by atoms with Crippen molar-refractivity contribution in [3.05, 3.63) is 47.5 Å². The van der Waals surface area contributed by atoms with E-state index in [0.717, 1.165) is 12.1 Å². The number of carbonyl (C=O) groups is 1. The third kappa shape index (κ3) is 4.99. The van der Waals surface area contributed by atoms with Gasteiger partial charge in [0.2, 0.25) is 5.91 Å². The van der Waals surface area contributed by atoms with E-state index in [9.17, 15) is 13.6 Å². The Morgan fingerprint density at radius 2 is 2.16 bits per heavy atom. The molecule has 0 bridgehead atoms. The van der Waals surface area contributed by atoms with Crippen molar-refractivity contribution >= 4 is 12.1 Å². The van der Waals surface area contributed by atoms with Gasteiger partial charge in [0.1, 0.15) is 0 Å². The molecular weight excluding hydrogens is 250 g/mol. The van der Waals surface area contributed by atoms with E-state index in [0.29, 0.717) is 5.56 Å². The lowest BCUT2D eigenvalue weighted by atomic mass is 10.1. The summed E-state index contributed by atoms with van der Waals surface area (Å²) in [5.41, 5.74) is 0.520. The fraction of sp³-hybridized carbons (Fsp3) is 0.286. The molecule has 5 heteroatoms. The van der Waals surface area contributed by atoms with Crippen LogP contribution in [-0.2, 0) is 4.79 Å². The molecule has 1 rings (SSSR count). The standard InChI is InChI=1S/C14H16F2N2O/c1-10(11-6-7-12(15)13(16)9-11)18-14(19)5-3-4-8-17-2/h3-4,6-10H,5H2,1-2H3,(H,18,19)/b4-3-,17-8?. The van der Waals surface area contributed by atoms with Crippen LogP contribution in [0, 0.1) is 11.6 Å². The molecule has 3 nitrogen and oxygen atoms in total. The zero-order chi connectivity index (χ0) is 14.3. The van der Waals surface area contributed by atoms with Crippen molar-refractivity contribution in [2.75, 3.05) is 7.05 Å². The molecule has 1 aromatic rings. The molecule has 0 heterocycles. The summed E-state index contributed by atoms with van der Waals surface area (Å²) < 4.78 is 25.8. The number of nitrogens with one attached hydrogen (secondary N) is 1. The number of halogens is 2. The first-order valence-corrected chi connectivity index (χ1v) is 5.86. The van der Waals surface area contributed by atoms with E-state index in [4.69, 9.17) is 0 Å². The second-order valence-corrected chi connectivity index (χ2v) is 4.00. The van der Waals surface area contributed by atoms with Crippen LogP contribution in [0.25, 0.3) is 0 Å². The molecule has 0 saturated heterocycles. The van der Waals surface area contributed by atoms with Crippen LogP contribution in [0.2, 0.25) is 0 Å². The summed E-state index contributed by atoms with van der Waals surface area (Å²) in [5.74, 6) is -2.01. The zero-order valence-electron chi connectivity index (χ0n) is 10.9. The molecule has 1 atom stereocenters. The lowest BCUT2D eigenvalue weighted by Gasteiger charge is -2.13. The van der Waals surface area contributed by atoms with Crippen molar-refractivity contribution < 1.29 is 13.6 Å². The van der Waals surface area contributed by atoms with E-state index in [1.165, 1.54) is 6.07 Å². The Morgan fingerprint density at radius 3 is 2.79 bits per heavy atom. The van der Waals surface area contributed by atoms with Crippen molar-refractivity contribution in [2.45, 2.75) is 19.4 Å². The van der Waals surface area contributed by atoms with Gasteiger partial charge in [-0.05, 0) is 30.7 Å². The minimum Gasteiger partial charge on any atom is -0.349 e. The summed E-state index contributed by atoms with van der Waals surface area (Å²) in [6.07, 6.45) is 5.12. The summed E-state index contributed by atoms with van der Waals surface area (Å²) in [6.45, 7) is 1.71. The third-order valence-electron chi connectivity index (χ3n) is 2.50. The number of benzene rings is 1. The van der Waals surface area contributed by atoms with Gasteiger partial charge in [0, 0.05) is 19.7 Å².